The molecule has 2 atom stereocenters. The highest BCUT2D eigenvalue weighted by Gasteiger charge is 2.63. The third-order valence-corrected chi connectivity index (χ3v) is 7.58. The predicted molar refractivity (Wildman–Crippen MR) is 85.2 cm³/mol. The Hall–Kier alpha value is -0.330. The zero-order valence-corrected chi connectivity index (χ0v) is 14.5. The van der Waals surface area contributed by atoms with E-state index in [9.17, 15) is 4.79 Å². The van der Waals surface area contributed by atoms with Gasteiger partial charge in [-0.25, -0.2) is 4.98 Å². The van der Waals surface area contributed by atoms with E-state index < -0.39 is 0 Å². The third-order valence-electron chi connectivity index (χ3n) is 5.22. The van der Waals surface area contributed by atoms with E-state index >= 15 is 0 Å². The average Bonchev–Trinajstić information content (AvgIpc) is 2.99. The molecule has 0 aliphatic heterocycles. The van der Waals surface area contributed by atoms with Gasteiger partial charge in [-0.15, -0.1) is 0 Å². The SMILES string of the molecule is CSc1nsc(S/C=C2\C(=O)[C@@]3(C)CC[C@@H]2C3(C)C)n1. The summed E-state index contributed by atoms with van der Waals surface area (Å²) in [6.45, 7) is 6.62. The highest BCUT2D eigenvalue weighted by atomic mass is 32.2. The molecule has 20 heavy (non-hydrogen) atoms. The monoisotopic (exact) mass is 326 g/mol. The maximum atomic E-state index is 12.7. The van der Waals surface area contributed by atoms with Gasteiger partial charge in [0.25, 0.3) is 0 Å². The maximum absolute atomic E-state index is 12.7. The van der Waals surface area contributed by atoms with Crippen LogP contribution in [0.25, 0.3) is 0 Å². The number of carbonyl (C=O) groups excluding carboxylic acids is 1. The van der Waals surface area contributed by atoms with E-state index in [4.69, 9.17) is 0 Å². The number of Topliss-reactive ketones (excluding diaryl/α,β-unsaturated/α-hetero) is 1. The Labute approximate surface area is 132 Å². The molecule has 3 nitrogen and oxygen atoms in total. The van der Waals surface area contributed by atoms with E-state index in [-0.39, 0.29) is 10.8 Å². The molecular formula is C14H18N2OS3. The van der Waals surface area contributed by atoms with Crippen LogP contribution in [0.5, 0.6) is 0 Å². The van der Waals surface area contributed by atoms with E-state index in [2.05, 4.69) is 30.1 Å². The lowest BCUT2D eigenvalue weighted by Crippen LogP contribution is -2.32. The van der Waals surface area contributed by atoms with Crippen LogP contribution in [-0.2, 0) is 4.79 Å². The summed E-state index contributed by atoms with van der Waals surface area (Å²) in [6, 6.07) is 0. The van der Waals surface area contributed by atoms with Crippen molar-refractivity contribution in [1.29, 1.82) is 0 Å². The van der Waals surface area contributed by atoms with Gasteiger partial charge in [0.05, 0.1) is 0 Å². The topological polar surface area (TPSA) is 42.9 Å². The molecule has 2 bridgehead atoms. The van der Waals surface area contributed by atoms with E-state index in [1.807, 2.05) is 11.7 Å². The number of ketones is 1. The molecule has 2 aliphatic rings. The van der Waals surface area contributed by atoms with E-state index in [0.717, 1.165) is 27.9 Å². The largest absolute Gasteiger partial charge is 0.294 e. The lowest BCUT2D eigenvalue weighted by atomic mass is 9.70. The summed E-state index contributed by atoms with van der Waals surface area (Å²) < 4.78 is 5.16. The van der Waals surface area contributed by atoms with Crippen LogP contribution in [0.15, 0.2) is 20.5 Å². The van der Waals surface area contributed by atoms with Crippen molar-refractivity contribution in [2.45, 2.75) is 43.1 Å². The molecule has 0 aromatic carbocycles. The van der Waals surface area contributed by atoms with Crippen LogP contribution in [-0.4, -0.2) is 21.4 Å². The fourth-order valence-corrected chi connectivity index (χ4v) is 5.60. The Bertz CT molecular complexity index is 593. The molecule has 1 aromatic rings. The van der Waals surface area contributed by atoms with Crippen LogP contribution >= 0.6 is 35.1 Å². The van der Waals surface area contributed by atoms with E-state index in [0.29, 0.717) is 11.7 Å². The number of hydrogen-bond donors (Lipinski definition) is 0. The lowest BCUT2D eigenvalue weighted by Gasteiger charge is -2.31. The minimum absolute atomic E-state index is 0.0854. The van der Waals surface area contributed by atoms with Crippen LogP contribution in [0.1, 0.15) is 33.6 Å². The molecule has 0 saturated heterocycles. The fourth-order valence-electron chi connectivity index (χ4n) is 3.51. The van der Waals surface area contributed by atoms with Crippen molar-refractivity contribution < 1.29 is 4.79 Å². The molecule has 3 rings (SSSR count). The first-order valence-electron chi connectivity index (χ1n) is 6.69. The van der Waals surface area contributed by atoms with Gasteiger partial charge < -0.3 is 0 Å². The van der Waals surface area contributed by atoms with Gasteiger partial charge in [-0.3, -0.25) is 4.79 Å². The first kappa shape index (κ1) is 14.6. The van der Waals surface area contributed by atoms with Gasteiger partial charge >= 0.3 is 0 Å². The number of thioether (sulfide) groups is 2. The smallest absolute Gasteiger partial charge is 0.200 e. The van der Waals surface area contributed by atoms with Gasteiger partial charge in [0.2, 0.25) is 5.16 Å². The molecular weight excluding hydrogens is 308 g/mol. The summed E-state index contributed by atoms with van der Waals surface area (Å²) in [5.74, 6) is 0.751. The maximum Gasteiger partial charge on any atom is 0.200 e. The van der Waals surface area contributed by atoms with Crippen molar-refractivity contribution in [2.24, 2.45) is 16.7 Å². The minimum atomic E-state index is -0.171. The summed E-state index contributed by atoms with van der Waals surface area (Å²) >= 11 is 4.50. The van der Waals surface area contributed by atoms with Crippen molar-refractivity contribution >= 4 is 40.8 Å². The summed E-state index contributed by atoms with van der Waals surface area (Å²) in [6.07, 6.45) is 4.13. The minimum Gasteiger partial charge on any atom is -0.294 e. The second-order valence-corrected chi connectivity index (χ2v) is 8.85. The van der Waals surface area contributed by atoms with Gasteiger partial charge in [0.1, 0.15) is 0 Å². The van der Waals surface area contributed by atoms with Crippen LogP contribution < -0.4 is 0 Å². The van der Waals surface area contributed by atoms with Crippen molar-refractivity contribution in [3.63, 3.8) is 0 Å². The first-order valence-corrected chi connectivity index (χ1v) is 9.57. The van der Waals surface area contributed by atoms with Crippen molar-refractivity contribution in [1.82, 2.24) is 9.36 Å². The Morgan fingerprint density at radius 2 is 2.15 bits per heavy atom. The van der Waals surface area contributed by atoms with E-state index in [1.54, 1.807) is 23.5 Å². The quantitative estimate of drug-likeness (QED) is 0.613. The standard InChI is InChI=1S/C14H18N2OS3/c1-13(2)9-5-6-14(13,3)10(17)8(9)7-19-12-15-11(18-4)16-20-12/h7,9H,5-6H2,1-4H3/b8-7-/t9-,14+/m0/s1. The van der Waals surface area contributed by atoms with E-state index in [1.165, 1.54) is 11.5 Å². The van der Waals surface area contributed by atoms with Crippen LogP contribution in [0.3, 0.4) is 0 Å². The summed E-state index contributed by atoms with van der Waals surface area (Å²) in [5.41, 5.74) is 0.923. The molecule has 0 radical (unpaired) electrons. The number of nitrogens with zero attached hydrogens (tertiary/aromatic N) is 2. The first-order chi connectivity index (χ1) is 9.40. The summed E-state index contributed by atoms with van der Waals surface area (Å²) in [5, 5.41) is 2.84. The molecule has 2 saturated carbocycles. The van der Waals surface area contributed by atoms with Gasteiger partial charge in [0.15, 0.2) is 10.1 Å². The zero-order chi connectivity index (χ0) is 14.5. The number of allylic oxidation sites excluding steroid dienone is 1. The zero-order valence-electron chi connectivity index (χ0n) is 12.1. The number of carbonyl (C=O) groups is 1. The molecule has 0 spiro atoms. The van der Waals surface area contributed by atoms with Crippen LogP contribution in [0.4, 0.5) is 0 Å². The normalized spacial score (nSPS) is 33.3. The molecule has 2 aliphatic carbocycles. The molecule has 1 heterocycles. The third kappa shape index (κ3) is 1.91. The Balaban J connectivity index is 1.85. The van der Waals surface area contributed by atoms with Gasteiger partial charge in [-0.2, -0.15) is 4.37 Å². The highest BCUT2D eigenvalue weighted by molar-refractivity contribution is 8.03. The molecule has 0 unspecified atom stereocenters. The van der Waals surface area contributed by atoms with Crippen LogP contribution in [0.2, 0.25) is 0 Å². The summed E-state index contributed by atoms with van der Waals surface area (Å²) in [4.78, 5) is 17.1. The second-order valence-electron chi connectivity index (χ2n) is 6.21. The average molecular weight is 327 g/mol. The van der Waals surface area contributed by atoms with Crippen molar-refractivity contribution in [2.75, 3.05) is 6.26 Å². The molecule has 2 fully saturated rings. The Kier molecular flexibility index (Phi) is 3.54. The fraction of sp³-hybridized carbons (Fsp3) is 0.643. The van der Waals surface area contributed by atoms with Gasteiger partial charge in [-0.1, -0.05) is 44.3 Å². The predicted octanol–water partition coefficient (Wildman–Crippen LogP) is 4.26. The number of fused-ring (bicyclic) bond motifs is 2. The Morgan fingerprint density at radius 1 is 1.40 bits per heavy atom. The molecule has 0 N–H and O–H groups in total. The number of rotatable bonds is 3. The lowest BCUT2D eigenvalue weighted by molar-refractivity contribution is -0.125. The van der Waals surface area contributed by atoms with Crippen molar-refractivity contribution in [3.05, 3.63) is 11.0 Å². The molecule has 0 amide bonds. The van der Waals surface area contributed by atoms with Crippen molar-refractivity contribution in [3.8, 4) is 0 Å². The van der Waals surface area contributed by atoms with Crippen LogP contribution in [0, 0.1) is 16.7 Å². The van der Waals surface area contributed by atoms with Gasteiger partial charge in [0, 0.05) is 11.0 Å². The second kappa shape index (κ2) is 4.85. The summed E-state index contributed by atoms with van der Waals surface area (Å²) in [7, 11) is 0. The molecule has 6 heteroatoms. The molecule has 108 valence electrons. The number of hydrogen-bond acceptors (Lipinski definition) is 6. The highest BCUT2D eigenvalue weighted by Crippen LogP contribution is 2.65. The molecule has 1 aromatic heterocycles. The van der Waals surface area contributed by atoms with Gasteiger partial charge in [-0.05, 0) is 47.4 Å². The number of aromatic nitrogens is 2. The Morgan fingerprint density at radius 3 is 2.70 bits per heavy atom.